The molecule has 10 nitrogen and oxygen atoms in total. The molecular formula is C20H19ClN6O4S. The number of non-ortho nitro benzene ring substituents is 1. The van der Waals surface area contributed by atoms with Gasteiger partial charge in [0.15, 0.2) is 5.16 Å². The van der Waals surface area contributed by atoms with Crippen LogP contribution in [0.3, 0.4) is 0 Å². The summed E-state index contributed by atoms with van der Waals surface area (Å²) in [4.78, 5) is 35.0. The van der Waals surface area contributed by atoms with Crippen LogP contribution in [-0.2, 0) is 23.1 Å². The van der Waals surface area contributed by atoms with E-state index in [9.17, 15) is 19.7 Å². The van der Waals surface area contributed by atoms with E-state index in [-0.39, 0.29) is 29.7 Å². The Bertz CT molecular complexity index is 1170. The van der Waals surface area contributed by atoms with Crippen LogP contribution in [0.5, 0.6) is 0 Å². The van der Waals surface area contributed by atoms with Crippen LogP contribution >= 0.6 is 23.4 Å². The van der Waals surface area contributed by atoms with Crippen LogP contribution < -0.4 is 10.6 Å². The minimum Gasteiger partial charge on any atom is -0.326 e. The molecule has 0 fully saturated rings. The topological polar surface area (TPSA) is 132 Å². The van der Waals surface area contributed by atoms with Crippen LogP contribution in [0.2, 0.25) is 5.02 Å². The third-order valence-electron chi connectivity index (χ3n) is 4.41. The molecule has 2 aromatic carbocycles. The molecular weight excluding hydrogens is 456 g/mol. The van der Waals surface area contributed by atoms with Crippen LogP contribution in [0.15, 0.2) is 47.6 Å². The Balaban J connectivity index is 1.56. The maximum Gasteiger partial charge on any atom is 0.271 e. The van der Waals surface area contributed by atoms with Crippen LogP contribution in [0.1, 0.15) is 11.4 Å². The lowest BCUT2D eigenvalue weighted by Gasteiger charge is -2.08. The van der Waals surface area contributed by atoms with Crippen molar-refractivity contribution < 1.29 is 14.5 Å². The zero-order valence-corrected chi connectivity index (χ0v) is 18.7. The van der Waals surface area contributed by atoms with E-state index in [0.717, 1.165) is 11.8 Å². The van der Waals surface area contributed by atoms with Crippen LogP contribution in [0.25, 0.3) is 0 Å². The van der Waals surface area contributed by atoms with Crippen LogP contribution in [-0.4, -0.2) is 37.3 Å². The Kier molecular flexibility index (Phi) is 7.44. The van der Waals surface area contributed by atoms with Crippen molar-refractivity contribution >= 4 is 52.2 Å². The summed E-state index contributed by atoms with van der Waals surface area (Å²) in [6, 6.07) is 11.0. The predicted octanol–water partition coefficient (Wildman–Crippen LogP) is 3.60. The average molecular weight is 475 g/mol. The molecule has 2 amide bonds. The van der Waals surface area contributed by atoms with E-state index in [1.54, 1.807) is 48.9 Å². The standard InChI is InChI=1S/C20H19ClN6O4S/c1-12-3-8-15(27(30)31)9-16(12)23-19(29)11-32-20-25-24-17(26(20)2)10-18(28)22-14-6-4-13(21)5-7-14/h3-9H,10-11H2,1-2H3,(H,22,28)(H,23,29). The monoisotopic (exact) mass is 474 g/mol. The lowest BCUT2D eigenvalue weighted by atomic mass is 10.2. The van der Waals surface area contributed by atoms with Gasteiger partial charge in [-0.1, -0.05) is 29.4 Å². The lowest BCUT2D eigenvalue weighted by Crippen LogP contribution is -2.17. The molecule has 0 aliphatic carbocycles. The van der Waals surface area contributed by atoms with Crippen molar-refractivity contribution in [3.05, 3.63) is 69.0 Å². The average Bonchev–Trinajstić information content (AvgIpc) is 3.09. The second-order valence-corrected chi connectivity index (χ2v) is 8.16. The summed E-state index contributed by atoms with van der Waals surface area (Å²) in [5, 5.41) is 25.4. The SMILES string of the molecule is Cc1ccc([N+](=O)[O-])cc1NC(=O)CSc1nnc(CC(=O)Nc2ccc(Cl)cc2)n1C. The highest BCUT2D eigenvalue weighted by Crippen LogP contribution is 2.23. The molecule has 0 atom stereocenters. The Labute approximate surface area is 192 Å². The maximum atomic E-state index is 12.3. The first kappa shape index (κ1) is 23.2. The summed E-state index contributed by atoms with van der Waals surface area (Å²) < 4.78 is 1.64. The van der Waals surface area contributed by atoms with Crippen molar-refractivity contribution in [3.63, 3.8) is 0 Å². The van der Waals surface area contributed by atoms with E-state index in [2.05, 4.69) is 20.8 Å². The minimum absolute atomic E-state index is 0.00571. The van der Waals surface area contributed by atoms with Crippen molar-refractivity contribution in [1.29, 1.82) is 0 Å². The quantitative estimate of drug-likeness (QED) is 0.289. The molecule has 0 saturated carbocycles. The fraction of sp³-hybridized carbons (Fsp3) is 0.200. The molecule has 0 aliphatic heterocycles. The number of nitro benzene ring substituents is 1. The number of hydrogen-bond donors (Lipinski definition) is 2. The first-order valence-electron chi connectivity index (χ1n) is 9.34. The normalized spacial score (nSPS) is 10.6. The molecule has 0 aliphatic rings. The second-order valence-electron chi connectivity index (χ2n) is 6.78. The van der Waals surface area contributed by atoms with Gasteiger partial charge in [0.05, 0.1) is 22.8 Å². The van der Waals surface area contributed by atoms with E-state index in [4.69, 9.17) is 11.6 Å². The number of nitrogens with one attached hydrogen (secondary N) is 2. The van der Waals surface area contributed by atoms with E-state index in [1.807, 2.05) is 0 Å². The highest BCUT2D eigenvalue weighted by molar-refractivity contribution is 7.99. The summed E-state index contributed by atoms with van der Waals surface area (Å²) in [6.45, 7) is 1.75. The first-order valence-corrected chi connectivity index (χ1v) is 10.7. The van der Waals surface area contributed by atoms with Gasteiger partial charge in [-0.15, -0.1) is 10.2 Å². The lowest BCUT2D eigenvalue weighted by molar-refractivity contribution is -0.384. The number of nitro groups is 1. The molecule has 0 saturated heterocycles. The highest BCUT2D eigenvalue weighted by atomic mass is 35.5. The predicted molar refractivity (Wildman–Crippen MR) is 122 cm³/mol. The zero-order chi connectivity index (χ0) is 23.3. The molecule has 32 heavy (non-hydrogen) atoms. The highest BCUT2D eigenvalue weighted by Gasteiger charge is 2.16. The molecule has 0 spiro atoms. The number of halogens is 1. The van der Waals surface area contributed by atoms with Gasteiger partial charge in [0, 0.05) is 29.9 Å². The molecule has 166 valence electrons. The fourth-order valence-electron chi connectivity index (χ4n) is 2.68. The number of carbonyl (C=O) groups is 2. The van der Waals surface area contributed by atoms with Crippen LogP contribution in [0.4, 0.5) is 17.1 Å². The smallest absolute Gasteiger partial charge is 0.271 e. The first-order chi connectivity index (χ1) is 15.2. The minimum atomic E-state index is -0.520. The molecule has 12 heteroatoms. The maximum absolute atomic E-state index is 12.3. The Hall–Kier alpha value is -3.44. The summed E-state index contributed by atoms with van der Waals surface area (Å²) in [5.74, 6) is -0.152. The summed E-state index contributed by atoms with van der Waals surface area (Å²) in [7, 11) is 1.70. The van der Waals surface area contributed by atoms with Gasteiger partial charge in [0.2, 0.25) is 11.8 Å². The van der Waals surface area contributed by atoms with Crippen molar-refractivity contribution in [3.8, 4) is 0 Å². The fourth-order valence-corrected chi connectivity index (χ4v) is 3.54. The number of aromatic nitrogens is 3. The largest absolute Gasteiger partial charge is 0.326 e. The third kappa shape index (κ3) is 6.05. The van der Waals surface area contributed by atoms with Crippen molar-refractivity contribution in [1.82, 2.24) is 14.8 Å². The molecule has 3 rings (SSSR count). The van der Waals surface area contributed by atoms with E-state index >= 15 is 0 Å². The third-order valence-corrected chi connectivity index (χ3v) is 5.68. The molecule has 3 aromatic rings. The number of amides is 2. The number of anilines is 2. The van der Waals surface area contributed by atoms with E-state index < -0.39 is 4.92 Å². The molecule has 1 aromatic heterocycles. The van der Waals surface area contributed by atoms with Crippen molar-refractivity contribution in [2.45, 2.75) is 18.5 Å². The number of rotatable bonds is 8. The second kappa shape index (κ2) is 10.2. The summed E-state index contributed by atoms with van der Waals surface area (Å²) >= 11 is 6.98. The van der Waals surface area contributed by atoms with Gasteiger partial charge in [0.25, 0.3) is 5.69 Å². The zero-order valence-electron chi connectivity index (χ0n) is 17.2. The molecule has 0 bridgehead atoms. The van der Waals surface area contributed by atoms with Crippen molar-refractivity contribution in [2.24, 2.45) is 7.05 Å². The Morgan fingerprint density at radius 1 is 1.12 bits per heavy atom. The summed E-state index contributed by atoms with van der Waals surface area (Å²) in [5.41, 5.74) is 1.60. The number of thioether (sulfide) groups is 1. The molecule has 0 radical (unpaired) electrons. The van der Waals surface area contributed by atoms with Gasteiger partial charge < -0.3 is 15.2 Å². The Morgan fingerprint density at radius 3 is 2.53 bits per heavy atom. The van der Waals surface area contributed by atoms with Crippen molar-refractivity contribution in [2.75, 3.05) is 16.4 Å². The van der Waals surface area contributed by atoms with Gasteiger partial charge in [-0.3, -0.25) is 19.7 Å². The number of benzene rings is 2. The molecule has 1 heterocycles. The van der Waals surface area contributed by atoms with Gasteiger partial charge in [-0.05, 0) is 36.8 Å². The number of carbonyl (C=O) groups excluding carboxylic acids is 2. The molecule has 0 unspecified atom stereocenters. The van der Waals surface area contributed by atoms with Gasteiger partial charge in [0.1, 0.15) is 5.82 Å². The van der Waals surface area contributed by atoms with Crippen LogP contribution in [0, 0.1) is 17.0 Å². The van der Waals surface area contributed by atoms with Gasteiger partial charge in [-0.2, -0.15) is 0 Å². The Morgan fingerprint density at radius 2 is 1.84 bits per heavy atom. The van der Waals surface area contributed by atoms with E-state index in [0.29, 0.717) is 32.9 Å². The summed E-state index contributed by atoms with van der Waals surface area (Å²) in [6.07, 6.45) is 0.00571. The number of nitrogens with zero attached hydrogens (tertiary/aromatic N) is 4. The van der Waals surface area contributed by atoms with Gasteiger partial charge in [-0.25, -0.2) is 0 Å². The van der Waals surface area contributed by atoms with Gasteiger partial charge >= 0.3 is 0 Å². The number of aryl methyl sites for hydroxylation is 1. The molecule has 2 N–H and O–H groups in total. The number of hydrogen-bond acceptors (Lipinski definition) is 7. The van der Waals surface area contributed by atoms with E-state index in [1.165, 1.54) is 12.1 Å².